The first-order chi connectivity index (χ1) is 14.6. The van der Waals surface area contributed by atoms with Gasteiger partial charge in [-0.25, -0.2) is 0 Å². The van der Waals surface area contributed by atoms with Gasteiger partial charge < -0.3 is 15.0 Å². The topological polar surface area (TPSA) is 71.5 Å². The van der Waals surface area contributed by atoms with Gasteiger partial charge in [0.25, 0.3) is 0 Å². The second-order valence-electron chi connectivity index (χ2n) is 7.78. The van der Waals surface area contributed by atoms with Crippen LogP contribution in [-0.4, -0.2) is 35.4 Å². The number of aromatic nitrogens is 1. The Morgan fingerprint density at radius 1 is 1.27 bits per heavy atom. The summed E-state index contributed by atoms with van der Waals surface area (Å²) >= 11 is 0. The van der Waals surface area contributed by atoms with Crippen LogP contribution in [0.1, 0.15) is 62.7 Å². The Bertz CT molecular complexity index is 856. The number of nitrogens with zero attached hydrogens (tertiary/aromatic N) is 2. The van der Waals surface area contributed by atoms with Gasteiger partial charge in [0.1, 0.15) is 5.75 Å². The molecule has 1 aliphatic rings. The van der Waals surface area contributed by atoms with E-state index in [0.717, 1.165) is 24.0 Å². The minimum Gasteiger partial charge on any atom is -0.496 e. The number of para-hydroxylation sites is 1. The number of unbranched alkanes of at least 4 members (excludes halogenated alkanes) is 1. The van der Waals surface area contributed by atoms with E-state index in [-0.39, 0.29) is 29.8 Å². The molecule has 3 rings (SSSR count). The summed E-state index contributed by atoms with van der Waals surface area (Å²) in [4.78, 5) is 32.2. The highest BCUT2D eigenvalue weighted by molar-refractivity contribution is 5.85. The van der Waals surface area contributed by atoms with Gasteiger partial charge in [0.15, 0.2) is 0 Å². The van der Waals surface area contributed by atoms with Crippen molar-refractivity contribution in [2.45, 2.75) is 51.6 Å². The molecule has 0 radical (unpaired) electrons. The van der Waals surface area contributed by atoms with Crippen LogP contribution in [0.25, 0.3) is 0 Å². The Labute approximate surface area is 178 Å². The van der Waals surface area contributed by atoms with Crippen molar-refractivity contribution in [2.75, 3.05) is 13.7 Å². The van der Waals surface area contributed by atoms with E-state index in [9.17, 15) is 9.59 Å². The number of rotatable bonds is 8. The van der Waals surface area contributed by atoms with E-state index in [1.54, 1.807) is 19.5 Å². The summed E-state index contributed by atoms with van der Waals surface area (Å²) in [6.45, 7) is 4.71. The molecule has 1 N–H and O–H groups in total. The molecule has 2 heterocycles. The van der Waals surface area contributed by atoms with Crippen molar-refractivity contribution in [1.82, 2.24) is 15.2 Å². The van der Waals surface area contributed by atoms with Crippen molar-refractivity contribution in [3.05, 3.63) is 59.9 Å². The highest BCUT2D eigenvalue weighted by Gasteiger charge is 2.41. The summed E-state index contributed by atoms with van der Waals surface area (Å²) in [6, 6.07) is 11.0. The van der Waals surface area contributed by atoms with Crippen LogP contribution in [0.5, 0.6) is 5.75 Å². The molecule has 0 spiro atoms. The van der Waals surface area contributed by atoms with E-state index in [2.05, 4.69) is 17.2 Å². The Balaban J connectivity index is 1.91. The number of ether oxygens (including phenoxy) is 1. The summed E-state index contributed by atoms with van der Waals surface area (Å²) in [6.07, 6.45) is 6.25. The zero-order valence-electron chi connectivity index (χ0n) is 18.0. The molecule has 2 amide bonds. The van der Waals surface area contributed by atoms with Crippen LogP contribution in [0, 0.1) is 5.92 Å². The molecule has 160 valence electrons. The lowest BCUT2D eigenvalue weighted by Gasteiger charge is -2.41. The number of carbonyl (C=O) groups excluding carboxylic acids is 2. The number of benzene rings is 1. The van der Waals surface area contributed by atoms with Crippen LogP contribution in [0.15, 0.2) is 48.8 Å². The number of nitrogens with one attached hydrogen (secondary N) is 1. The minimum absolute atomic E-state index is 0.0378. The maximum absolute atomic E-state index is 13.4. The first-order valence-corrected chi connectivity index (χ1v) is 10.7. The van der Waals surface area contributed by atoms with E-state index in [0.29, 0.717) is 25.1 Å². The van der Waals surface area contributed by atoms with E-state index in [4.69, 9.17) is 4.74 Å². The molecule has 3 atom stereocenters. The number of amides is 2. The average molecular weight is 410 g/mol. The van der Waals surface area contributed by atoms with Gasteiger partial charge in [0.2, 0.25) is 11.8 Å². The second-order valence-corrected chi connectivity index (χ2v) is 7.78. The van der Waals surface area contributed by atoms with Crippen LogP contribution in [0.2, 0.25) is 0 Å². The molecule has 30 heavy (non-hydrogen) atoms. The SMILES string of the molecule is CCCCN1C(=O)CCC(C(=O)NC(C)c2ccncc2)C1c1ccccc1OC. The Morgan fingerprint density at radius 2 is 2.00 bits per heavy atom. The highest BCUT2D eigenvalue weighted by Crippen LogP contribution is 2.41. The summed E-state index contributed by atoms with van der Waals surface area (Å²) in [7, 11) is 1.63. The molecule has 1 saturated heterocycles. The van der Waals surface area contributed by atoms with Crippen molar-refractivity contribution in [3.63, 3.8) is 0 Å². The van der Waals surface area contributed by atoms with Gasteiger partial charge in [-0.1, -0.05) is 31.5 Å². The fourth-order valence-electron chi connectivity index (χ4n) is 4.17. The highest BCUT2D eigenvalue weighted by atomic mass is 16.5. The molecule has 1 aromatic carbocycles. The first-order valence-electron chi connectivity index (χ1n) is 10.7. The number of hydrogen-bond donors (Lipinski definition) is 1. The molecular weight excluding hydrogens is 378 g/mol. The number of hydrogen-bond acceptors (Lipinski definition) is 4. The molecule has 6 nitrogen and oxygen atoms in total. The monoisotopic (exact) mass is 409 g/mol. The molecule has 3 unspecified atom stereocenters. The van der Waals surface area contributed by atoms with Crippen molar-refractivity contribution in [2.24, 2.45) is 5.92 Å². The zero-order chi connectivity index (χ0) is 21.5. The number of carbonyl (C=O) groups is 2. The third kappa shape index (κ3) is 4.81. The van der Waals surface area contributed by atoms with Crippen molar-refractivity contribution < 1.29 is 14.3 Å². The van der Waals surface area contributed by atoms with Gasteiger partial charge >= 0.3 is 0 Å². The predicted octanol–water partition coefficient (Wildman–Crippen LogP) is 4.05. The van der Waals surface area contributed by atoms with Crippen LogP contribution in [0.4, 0.5) is 0 Å². The summed E-state index contributed by atoms with van der Waals surface area (Å²) in [5.41, 5.74) is 1.89. The van der Waals surface area contributed by atoms with Crippen LogP contribution >= 0.6 is 0 Å². The van der Waals surface area contributed by atoms with Crippen LogP contribution in [0.3, 0.4) is 0 Å². The third-order valence-corrected chi connectivity index (χ3v) is 5.82. The van der Waals surface area contributed by atoms with Gasteiger partial charge in [0, 0.05) is 30.9 Å². The standard InChI is InChI=1S/C24H31N3O3/c1-4-5-16-27-22(28)11-10-20(23(27)19-8-6-7-9-21(19)30-3)24(29)26-17(2)18-12-14-25-15-13-18/h6-9,12-15,17,20,23H,4-5,10-11,16H2,1-3H3,(H,26,29). The molecule has 1 aromatic heterocycles. The lowest BCUT2D eigenvalue weighted by molar-refractivity contribution is -0.143. The van der Waals surface area contributed by atoms with Crippen molar-refractivity contribution in [1.29, 1.82) is 0 Å². The van der Waals surface area contributed by atoms with E-state index < -0.39 is 0 Å². The van der Waals surface area contributed by atoms with Gasteiger partial charge in [-0.15, -0.1) is 0 Å². The summed E-state index contributed by atoms with van der Waals surface area (Å²) < 4.78 is 5.59. The van der Waals surface area contributed by atoms with E-state index in [1.165, 1.54) is 0 Å². The average Bonchev–Trinajstić information content (AvgIpc) is 2.78. The number of likely N-dealkylation sites (tertiary alicyclic amines) is 1. The molecular formula is C24H31N3O3. The summed E-state index contributed by atoms with van der Waals surface area (Å²) in [5.74, 6) is 0.439. The first kappa shape index (κ1) is 21.8. The number of piperidine rings is 1. The smallest absolute Gasteiger partial charge is 0.226 e. The molecule has 2 aromatic rings. The Kier molecular flexibility index (Phi) is 7.44. The molecule has 0 aliphatic carbocycles. The maximum atomic E-state index is 13.4. The minimum atomic E-state index is -0.335. The molecule has 0 saturated carbocycles. The molecule has 1 fully saturated rings. The quantitative estimate of drug-likeness (QED) is 0.714. The van der Waals surface area contributed by atoms with Crippen LogP contribution < -0.4 is 10.1 Å². The normalized spacial score (nSPS) is 20.0. The maximum Gasteiger partial charge on any atom is 0.226 e. The molecule has 0 bridgehead atoms. The fourth-order valence-corrected chi connectivity index (χ4v) is 4.17. The zero-order valence-corrected chi connectivity index (χ0v) is 18.0. The Morgan fingerprint density at radius 3 is 2.70 bits per heavy atom. The van der Waals surface area contributed by atoms with Gasteiger partial charge in [-0.2, -0.15) is 0 Å². The van der Waals surface area contributed by atoms with E-state index in [1.807, 2.05) is 48.2 Å². The lowest BCUT2D eigenvalue weighted by atomic mass is 9.82. The van der Waals surface area contributed by atoms with Crippen molar-refractivity contribution in [3.8, 4) is 5.75 Å². The fraction of sp³-hybridized carbons (Fsp3) is 0.458. The van der Waals surface area contributed by atoms with E-state index >= 15 is 0 Å². The largest absolute Gasteiger partial charge is 0.496 e. The number of methoxy groups -OCH3 is 1. The Hall–Kier alpha value is -2.89. The van der Waals surface area contributed by atoms with Gasteiger partial charge in [0.05, 0.1) is 25.1 Å². The lowest BCUT2D eigenvalue weighted by Crippen LogP contribution is -2.48. The molecule has 6 heteroatoms. The van der Waals surface area contributed by atoms with Gasteiger partial charge in [-0.3, -0.25) is 14.6 Å². The van der Waals surface area contributed by atoms with Crippen molar-refractivity contribution >= 4 is 11.8 Å². The third-order valence-electron chi connectivity index (χ3n) is 5.82. The van der Waals surface area contributed by atoms with Crippen LogP contribution in [-0.2, 0) is 9.59 Å². The van der Waals surface area contributed by atoms with Gasteiger partial charge in [-0.05, 0) is 43.5 Å². The second kappa shape index (κ2) is 10.2. The summed E-state index contributed by atoms with van der Waals surface area (Å²) in [5, 5.41) is 3.15. The predicted molar refractivity (Wildman–Crippen MR) is 116 cm³/mol. The number of pyridine rings is 1. The molecule has 1 aliphatic heterocycles.